The van der Waals surface area contributed by atoms with Crippen LogP contribution in [0.5, 0.6) is 0 Å². The van der Waals surface area contributed by atoms with E-state index in [1.165, 1.54) is 6.07 Å². The molecule has 0 heterocycles. The van der Waals surface area contributed by atoms with Gasteiger partial charge in [0.2, 0.25) is 0 Å². The molecule has 0 fully saturated rings. The first-order valence-electron chi connectivity index (χ1n) is 5.24. The number of alkyl halides is 6. The van der Waals surface area contributed by atoms with Crippen LogP contribution in [0.4, 0.5) is 32.0 Å². The minimum Gasteiger partial charge on any atom is -0.362 e. The Morgan fingerprint density at radius 1 is 1.16 bits per heavy atom. The van der Waals surface area contributed by atoms with E-state index in [1.807, 2.05) is 0 Å². The lowest BCUT2D eigenvalue weighted by atomic mass is 10.1. The second-order valence-corrected chi connectivity index (χ2v) is 3.95. The van der Waals surface area contributed by atoms with Gasteiger partial charge in [-0.2, -0.15) is 26.3 Å². The zero-order chi connectivity index (χ0) is 14.8. The van der Waals surface area contributed by atoms with Crippen molar-refractivity contribution in [2.24, 2.45) is 5.73 Å². The van der Waals surface area contributed by atoms with E-state index < -0.39 is 30.5 Å². The van der Waals surface area contributed by atoms with Crippen molar-refractivity contribution < 1.29 is 26.3 Å². The molecule has 0 bridgehead atoms. The monoisotopic (exact) mass is 286 g/mol. The molecule has 1 aromatic carbocycles. The van der Waals surface area contributed by atoms with E-state index in [4.69, 9.17) is 5.73 Å². The predicted octanol–water partition coefficient (Wildman–Crippen LogP) is 3.03. The highest BCUT2D eigenvalue weighted by atomic mass is 19.4. The third kappa shape index (κ3) is 3.76. The van der Waals surface area contributed by atoms with Crippen LogP contribution >= 0.6 is 0 Å². The quantitative estimate of drug-likeness (QED) is 0.865. The Labute approximate surface area is 105 Å². The number of halogens is 6. The van der Waals surface area contributed by atoms with Gasteiger partial charge in [-0.15, -0.1) is 0 Å². The molecule has 8 heteroatoms. The van der Waals surface area contributed by atoms with E-state index in [1.54, 1.807) is 0 Å². The third-order valence-electron chi connectivity index (χ3n) is 2.65. The highest BCUT2D eigenvalue weighted by Crippen LogP contribution is 2.33. The number of benzene rings is 1. The van der Waals surface area contributed by atoms with Crippen LogP contribution in [0.2, 0.25) is 0 Å². The molecule has 1 rings (SSSR count). The van der Waals surface area contributed by atoms with E-state index in [-0.39, 0.29) is 5.69 Å². The molecular weight excluding hydrogens is 274 g/mol. The van der Waals surface area contributed by atoms with Gasteiger partial charge in [-0.1, -0.05) is 6.07 Å². The van der Waals surface area contributed by atoms with E-state index in [0.29, 0.717) is 11.0 Å². The van der Waals surface area contributed by atoms with Crippen molar-refractivity contribution in [2.45, 2.75) is 18.4 Å². The molecule has 0 spiro atoms. The Hall–Kier alpha value is -1.44. The summed E-state index contributed by atoms with van der Waals surface area (Å²) < 4.78 is 75.4. The lowest BCUT2D eigenvalue weighted by Crippen LogP contribution is -2.48. The fraction of sp³-hybridized carbons (Fsp3) is 0.455. The molecule has 0 aromatic heterocycles. The lowest BCUT2D eigenvalue weighted by molar-refractivity contribution is -0.145. The summed E-state index contributed by atoms with van der Waals surface area (Å²) in [4.78, 5) is 0.690. The Bertz CT molecular complexity index is 426. The molecule has 0 amide bonds. The average molecular weight is 286 g/mol. The van der Waals surface area contributed by atoms with Crippen molar-refractivity contribution >= 4 is 5.69 Å². The van der Waals surface area contributed by atoms with Crippen LogP contribution in [0.3, 0.4) is 0 Å². The van der Waals surface area contributed by atoms with Crippen molar-refractivity contribution in [3.63, 3.8) is 0 Å². The summed E-state index contributed by atoms with van der Waals surface area (Å²) in [5.74, 6) is 0. The van der Waals surface area contributed by atoms with Gasteiger partial charge >= 0.3 is 12.4 Å². The number of nitrogens with zero attached hydrogens (tertiary/aromatic N) is 1. The normalized spacial score (nSPS) is 14.3. The smallest absolute Gasteiger partial charge is 0.362 e. The maximum Gasteiger partial charge on any atom is 0.416 e. The zero-order valence-corrected chi connectivity index (χ0v) is 9.89. The Morgan fingerprint density at radius 2 is 1.74 bits per heavy atom. The van der Waals surface area contributed by atoms with E-state index in [2.05, 4.69) is 0 Å². The number of hydrogen-bond acceptors (Lipinski definition) is 2. The molecule has 0 aliphatic heterocycles. The number of hydrogen-bond donors (Lipinski definition) is 1. The molecule has 2 nitrogen and oxygen atoms in total. The Kier molecular flexibility index (Phi) is 4.34. The van der Waals surface area contributed by atoms with Gasteiger partial charge in [0.15, 0.2) is 0 Å². The molecule has 0 aliphatic rings. The largest absolute Gasteiger partial charge is 0.416 e. The predicted molar refractivity (Wildman–Crippen MR) is 58.7 cm³/mol. The van der Waals surface area contributed by atoms with Crippen molar-refractivity contribution in [3.8, 4) is 0 Å². The standard InChI is InChI=1S/C11H12F6N2/c1-19(9(6-18)11(15,16)17)8-4-2-3-7(5-8)10(12,13)14/h2-5,9H,6,18H2,1H3. The Balaban J connectivity index is 3.09. The minimum absolute atomic E-state index is 0.192. The Morgan fingerprint density at radius 3 is 2.16 bits per heavy atom. The van der Waals surface area contributed by atoms with Gasteiger partial charge in [-0.05, 0) is 18.2 Å². The summed E-state index contributed by atoms with van der Waals surface area (Å²) in [5, 5.41) is 0. The van der Waals surface area contributed by atoms with Crippen LogP contribution in [0.25, 0.3) is 0 Å². The van der Waals surface area contributed by atoms with Crippen molar-refractivity contribution in [1.82, 2.24) is 0 Å². The topological polar surface area (TPSA) is 29.3 Å². The van der Waals surface area contributed by atoms with Crippen LogP contribution in [0, 0.1) is 0 Å². The number of likely N-dealkylation sites (N-methyl/N-ethyl adjacent to an activating group) is 1. The first-order chi connectivity index (χ1) is 8.57. The second kappa shape index (κ2) is 5.28. The summed E-state index contributed by atoms with van der Waals surface area (Å²) in [6.07, 6.45) is -9.22. The van der Waals surface area contributed by atoms with Gasteiger partial charge in [-0.25, -0.2) is 0 Å². The molecule has 1 aromatic rings. The second-order valence-electron chi connectivity index (χ2n) is 3.95. The fourth-order valence-electron chi connectivity index (χ4n) is 1.59. The highest BCUT2D eigenvalue weighted by molar-refractivity contribution is 5.49. The average Bonchev–Trinajstić information content (AvgIpc) is 2.27. The summed E-state index contributed by atoms with van der Waals surface area (Å²) in [5.41, 5.74) is 3.84. The molecule has 1 atom stereocenters. The number of nitrogens with two attached hydrogens (primary N) is 1. The van der Waals surface area contributed by atoms with Crippen molar-refractivity contribution in [3.05, 3.63) is 29.8 Å². The highest BCUT2D eigenvalue weighted by Gasteiger charge is 2.42. The van der Waals surface area contributed by atoms with Gasteiger partial charge in [0.05, 0.1) is 5.56 Å². The fourth-order valence-corrected chi connectivity index (χ4v) is 1.59. The van der Waals surface area contributed by atoms with Gasteiger partial charge in [0, 0.05) is 19.3 Å². The zero-order valence-electron chi connectivity index (χ0n) is 9.89. The van der Waals surface area contributed by atoms with Crippen LogP contribution in [-0.4, -0.2) is 25.8 Å². The van der Waals surface area contributed by atoms with Crippen LogP contribution in [0.1, 0.15) is 5.56 Å². The van der Waals surface area contributed by atoms with E-state index in [0.717, 1.165) is 19.2 Å². The first kappa shape index (κ1) is 15.6. The molecule has 0 saturated heterocycles. The van der Waals surface area contributed by atoms with E-state index in [9.17, 15) is 26.3 Å². The molecular formula is C11H12F6N2. The van der Waals surface area contributed by atoms with Crippen LogP contribution in [0.15, 0.2) is 24.3 Å². The molecule has 0 saturated carbocycles. The molecule has 1 unspecified atom stereocenters. The minimum atomic E-state index is -4.61. The molecule has 2 N–H and O–H groups in total. The SMILES string of the molecule is CN(c1cccc(C(F)(F)F)c1)C(CN)C(F)(F)F. The summed E-state index contributed by atoms with van der Waals surface area (Å²) in [6, 6.07) is 1.65. The number of rotatable bonds is 3. The molecule has 108 valence electrons. The molecule has 0 radical (unpaired) electrons. The van der Waals surface area contributed by atoms with Crippen molar-refractivity contribution in [1.29, 1.82) is 0 Å². The van der Waals surface area contributed by atoms with Gasteiger partial charge < -0.3 is 10.6 Å². The van der Waals surface area contributed by atoms with Crippen LogP contribution in [-0.2, 0) is 6.18 Å². The van der Waals surface area contributed by atoms with Crippen LogP contribution < -0.4 is 10.6 Å². The summed E-state index contributed by atoms with van der Waals surface area (Å²) in [6.45, 7) is -0.740. The van der Waals surface area contributed by atoms with Gasteiger partial charge in [-0.3, -0.25) is 0 Å². The lowest BCUT2D eigenvalue weighted by Gasteiger charge is -2.31. The van der Waals surface area contributed by atoms with Crippen molar-refractivity contribution in [2.75, 3.05) is 18.5 Å². The summed E-state index contributed by atoms with van der Waals surface area (Å²) in [7, 11) is 1.06. The molecule has 0 aliphatic carbocycles. The first-order valence-corrected chi connectivity index (χ1v) is 5.24. The van der Waals surface area contributed by atoms with E-state index >= 15 is 0 Å². The van der Waals surface area contributed by atoms with Gasteiger partial charge in [0.25, 0.3) is 0 Å². The maximum absolute atomic E-state index is 12.6. The number of anilines is 1. The third-order valence-corrected chi connectivity index (χ3v) is 2.65. The molecule has 19 heavy (non-hydrogen) atoms. The van der Waals surface area contributed by atoms with Gasteiger partial charge in [0.1, 0.15) is 6.04 Å². The maximum atomic E-state index is 12.6. The summed E-state index contributed by atoms with van der Waals surface area (Å²) >= 11 is 0.